The molecule has 7 heteroatoms. The molecule has 0 spiro atoms. The number of ether oxygens (including phenoxy) is 1. The number of nitrogens with zero attached hydrogens (tertiary/aromatic N) is 1. The highest BCUT2D eigenvalue weighted by Gasteiger charge is 2.17. The second-order valence-corrected chi connectivity index (χ2v) is 7.14. The zero-order valence-corrected chi connectivity index (χ0v) is 16.4. The van der Waals surface area contributed by atoms with Crippen molar-refractivity contribution >= 4 is 23.2 Å². The van der Waals surface area contributed by atoms with E-state index in [9.17, 15) is 5.11 Å². The van der Waals surface area contributed by atoms with E-state index in [1.54, 1.807) is 24.5 Å². The summed E-state index contributed by atoms with van der Waals surface area (Å²) in [5, 5.41) is 11.4. The number of hydrogen-bond acceptors (Lipinski definition) is 5. The Morgan fingerprint density at radius 2 is 1.93 bits per heavy atom. The van der Waals surface area contributed by atoms with Gasteiger partial charge in [0.05, 0.1) is 24.4 Å². The zero-order valence-electron chi connectivity index (χ0n) is 14.9. The summed E-state index contributed by atoms with van der Waals surface area (Å²) in [7, 11) is 0. The van der Waals surface area contributed by atoms with E-state index in [1.807, 2.05) is 36.1 Å². The van der Waals surface area contributed by atoms with Crippen molar-refractivity contribution in [1.29, 1.82) is 0 Å². The lowest BCUT2D eigenvalue weighted by atomic mass is 10.3. The fourth-order valence-electron chi connectivity index (χ4n) is 2.73. The largest absolute Gasteiger partial charge is 0.489 e. The molecule has 5 nitrogen and oxygen atoms in total. The molecule has 0 aliphatic carbocycles. The van der Waals surface area contributed by atoms with Crippen molar-refractivity contribution in [3.05, 3.63) is 76.1 Å². The number of halogens is 2. The van der Waals surface area contributed by atoms with Crippen LogP contribution in [0.1, 0.15) is 17.3 Å². The van der Waals surface area contributed by atoms with Crippen molar-refractivity contribution in [3.63, 3.8) is 0 Å². The fraction of sp³-hybridized carbons (Fsp3) is 0.300. The summed E-state index contributed by atoms with van der Waals surface area (Å²) in [4.78, 5) is 2.04. The summed E-state index contributed by atoms with van der Waals surface area (Å²) in [6.45, 7) is 3.48. The maximum atomic E-state index is 10.4. The molecule has 0 bridgehead atoms. The molecule has 0 saturated heterocycles. The van der Waals surface area contributed by atoms with Crippen molar-refractivity contribution < 1.29 is 18.7 Å². The van der Waals surface area contributed by atoms with E-state index >= 15 is 0 Å². The second-order valence-electron chi connectivity index (χ2n) is 6.30. The number of rotatable bonds is 9. The van der Waals surface area contributed by atoms with Crippen molar-refractivity contribution in [2.24, 2.45) is 0 Å². The van der Waals surface area contributed by atoms with Crippen LogP contribution in [0.4, 0.5) is 0 Å². The number of aryl methyl sites for hydroxylation is 1. The van der Waals surface area contributed by atoms with Gasteiger partial charge in [-0.05, 0) is 49.4 Å². The van der Waals surface area contributed by atoms with Crippen LogP contribution in [0.25, 0.3) is 0 Å². The van der Waals surface area contributed by atoms with Crippen LogP contribution >= 0.6 is 23.2 Å². The van der Waals surface area contributed by atoms with Gasteiger partial charge in [-0.15, -0.1) is 0 Å². The Morgan fingerprint density at radius 1 is 1.11 bits per heavy atom. The number of aliphatic hydroxyl groups excluding tert-OH is 1. The third-order valence-electron chi connectivity index (χ3n) is 3.93. The Kier molecular flexibility index (Phi) is 6.85. The Hall–Kier alpha value is -1.92. The first-order valence-corrected chi connectivity index (χ1v) is 9.31. The van der Waals surface area contributed by atoms with Gasteiger partial charge in [-0.1, -0.05) is 23.2 Å². The van der Waals surface area contributed by atoms with Crippen LogP contribution in [0.3, 0.4) is 0 Å². The Labute approximate surface area is 168 Å². The monoisotopic (exact) mass is 409 g/mol. The van der Waals surface area contributed by atoms with Crippen molar-refractivity contribution in [2.45, 2.75) is 26.1 Å². The molecule has 3 aromatic rings. The summed E-state index contributed by atoms with van der Waals surface area (Å²) in [6, 6.07) is 12.6. The minimum Gasteiger partial charge on any atom is -0.489 e. The molecule has 3 rings (SSSR count). The predicted octanol–water partition coefficient (Wildman–Crippen LogP) is 4.93. The minimum absolute atomic E-state index is 0.104. The van der Waals surface area contributed by atoms with E-state index in [0.717, 1.165) is 17.3 Å². The van der Waals surface area contributed by atoms with Crippen LogP contribution in [0.15, 0.2) is 57.6 Å². The maximum Gasteiger partial charge on any atom is 0.138 e. The predicted molar refractivity (Wildman–Crippen MR) is 104 cm³/mol. The first kappa shape index (κ1) is 19.8. The summed E-state index contributed by atoms with van der Waals surface area (Å²) < 4.78 is 16.7. The van der Waals surface area contributed by atoms with Crippen LogP contribution in [0.5, 0.6) is 5.75 Å². The Bertz CT molecular complexity index is 848. The Balaban J connectivity index is 1.59. The van der Waals surface area contributed by atoms with Gasteiger partial charge < -0.3 is 18.7 Å². The first-order chi connectivity index (χ1) is 13.0. The number of aliphatic hydroxyl groups is 1. The third kappa shape index (κ3) is 6.04. The molecular formula is C20H21Cl2NO4. The van der Waals surface area contributed by atoms with Crippen molar-refractivity contribution in [3.8, 4) is 5.75 Å². The Morgan fingerprint density at radius 3 is 2.59 bits per heavy atom. The molecule has 0 fully saturated rings. The third-order valence-corrected chi connectivity index (χ3v) is 4.46. The van der Waals surface area contributed by atoms with Crippen LogP contribution in [-0.2, 0) is 13.1 Å². The first-order valence-electron chi connectivity index (χ1n) is 8.55. The lowest BCUT2D eigenvalue weighted by molar-refractivity contribution is 0.0579. The van der Waals surface area contributed by atoms with E-state index in [1.165, 1.54) is 0 Å². The molecular weight excluding hydrogens is 389 g/mol. The highest BCUT2D eigenvalue weighted by Crippen LogP contribution is 2.27. The maximum absolute atomic E-state index is 10.4. The molecule has 1 N–H and O–H groups in total. The highest BCUT2D eigenvalue weighted by atomic mass is 35.5. The quantitative estimate of drug-likeness (QED) is 0.542. The minimum atomic E-state index is -0.720. The summed E-state index contributed by atoms with van der Waals surface area (Å²) in [5.41, 5.74) is 0. The summed E-state index contributed by atoms with van der Waals surface area (Å²) in [6.07, 6.45) is 0.912. The van der Waals surface area contributed by atoms with Gasteiger partial charge in [-0.25, -0.2) is 0 Å². The lowest BCUT2D eigenvalue weighted by Crippen LogP contribution is -2.35. The lowest BCUT2D eigenvalue weighted by Gasteiger charge is -2.23. The summed E-state index contributed by atoms with van der Waals surface area (Å²) in [5.74, 6) is 2.98. The van der Waals surface area contributed by atoms with E-state index in [0.29, 0.717) is 35.4 Å². The molecule has 1 aromatic carbocycles. The standard InChI is InChI=1S/C20H21Cl2NO4/c1-14-4-6-18(27-14)12-23(11-17-3-2-8-25-17)10-16(24)13-26-20-7-5-15(21)9-19(20)22/h2-9,16,24H,10-13H2,1H3. The van der Waals surface area contributed by atoms with E-state index in [2.05, 4.69) is 0 Å². The molecule has 0 aliphatic rings. The van der Waals surface area contributed by atoms with Crippen LogP contribution in [-0.4, -0.2) is 29.3 Å². The molecule has 0 aliphatic heterocycles. The topological polar surface area (TPSA) is 59.0 Å². The molecule has 1 unspecified atom stereocenters. The smallest absolute Gasteiger partial charge is 0.138 e. The van der Waals surface area contributed by atoms with Gasteiger partial charge in [-0.2, -0.15) is 0 Å². The molecule has 0 radical (unpaired) electrons. The summed E-state index contributed by atoms with van der Waals surface area (Å²) >= 11 is 12.0. The van der Waals surface area contributed by atoms with Crippen molar-refractivity contribution in [2.75, 3.05) is 13.2 Å². The van der Waals surface area contributed by atoms with Gasteiger partial charge in [0.2, 0.25) is 0 Å². The van der Waals surface area contributed by atoms with Crippen LogP contribution < -0.4 is 4.74 Å². The molecule has 0 amide bonds. The number of benzene rings is 1. The van der Waals surface area contributed by atoms with Crippen LogP contribution in [0.2, 0.25) is 10.0 Å². The normalized spacial score (nSPS) is 12.5. The average Bonchev–Trinajstić information content (AvgIpc) is 3.26. The second kappa shape index (κ2) is 9.33. The number of hydrogen-bond donors (Lipinski definition) is 1. The van der Waals surface area contributed by atoms with Gasteiger partial charge in [0.1, 0.15) is 35.7 Å². The molecule has 27 heavy (non-hydrogen) atoms. The molecule has 2 aromatic heterocycles. The SMILES string of the molecule is Cc1ccc(CN(Cc2ccco2)CC(O)COc2ccc(Cl)cc2Cl)o1. The molecule has 1 atom stereocenters. The van der Waals surface area contributed by atoms with Crippen LogP contribution in [0, 0.1) is 6.92 Å². The van der Waals surface area contributed by atoms with Gasteiger partial charge in [0.15, 0.2) is 0 Å². The van der Waals surface area contributed by atoms with E-state index < -0.39 is 6.10 Å². The van der Waals surface area contributed by atoms with Gasteiger partial charge >= 0.3 is 0 Å². The molecule has 2 heterocycles. The van der Waals surface area contributed by atoms with Crippen molar-refractivity contribution in [1.82, 2.24) is 4.90 Å². The van der Waals surface area contributed by atoms with Gasteiger partial charge in [0, 0.05) is 11.6 Å². The van der Waals surface area contributed by atoms with E-state index in [-0.39, 0.29) is 6.61 Å². The fourth-order valence-corrected chi connectivity index (χ4v) is 3.19. The van der Waals surface area contributed by atoms with Gasteiger partial charge in [-0.3, -0.25) is 4.90 Å². The highest BCUT2D eigenvalue weighted by molar-refractivity contribution is 6.35. The average molecular weight is 410 g/mol. The molecule has 0 saturated carbocycles. The van der Waals surface area contributed by atoms with Gasteiger partial charge in [0.25, 0.3) is 0 Å². The molecule has 144 valence electrons. The van der Waals surface area contributed by atoms with E-state index in [4.69, 9.17) is 36.8 Å². The zero-order chi connectivity index (χ0) is 19.2. The number of furan rings is 2.